The molecule has 0 radical (unpaired) electrons. The summed E-state index contributed by atoms with van der Waals surface area (Å²) in [4.78, 5) is 69.0. The van der Waals surface area contributed by atoms with Gasteiger partial charge in [0.2, 0.25) is 0 Å². The van der Waals surface area contributed by atoms with Crippen LogP contribution in [0.5, 0.6) is 11.5 Å². The molecule has 0 spiro atoms. The van der Waals surface area contributed by atoms with E-state index in [4.69, 9.17) is 24.1 Å². The first-order valence-corrected chi connectivity index (χ1v) is 15.8. The highest BCUT2D eigenvalue weighted by Crippen LogP contribution is 2.37. The van der Waals surface area contributed by atoms with Crippen LogP contribution in [0.4, 0.5) is 5.69 Å². The van der Waals surface area contributed by atoms with Crippen molar-refractivity contribution in [2.75, 3.05) is 25.2 Å². The van der Waals surface area contributed by atoms with E-state index in [9.17, 15) is 19.2 Å². The van der Waals surface area contributed by atoms with E-state index in [-0.39, 0.29) is 40.0 Å². The average Bonchev–Trinajstić information content (AvgIpc) is 3.47. The molecule has 1 aromatic heterocycles. The van der Waals surface area contributed by atoms with Crippen molar-refractivity contribution in [1.29, 1.82) is 0 Å². The standard InChI is InChI=1S/C32H33N3O7S.C2H4O2/c1-7-14-34-22-11-9-8-10-21(22)26(29(34)37)28-30(38)35-27(20-12-13-23(42-19(5)36)24(15-20)40-6)25(18(4)33-32(35)43-28)31(39)41-16-17(2)3;1-2(3)4/h8-13,15,17,27H,7,14,16H2,1-6H3;1H3,(H,3,4). The number of anilines is 1. The van der Waals surface area contributed by atoms with Gasteiger partial charge in [-0.15, -0.1) is 0 Å². The van der Waals surface area contributed by atoms with Gasteiger partial charge in [-0.2, -0.15) is 0 Å². The third kappa shape index (κ3) is 7.19. The summed E-state index contributed by atoms with van der Waals surface area (Å²) in [6.45, 7) is 10.6. The van der Waals surface area contributed by atoms with Crippen LogP contribution in [0.1, 0.15) is 65.1 Å². The number of esters is 2. The highest BCUT2D eigenvalue weighted by atomic mass is 32.1. The Bertz CT molecular complexity index is 1950. The third-order valence-corrected chi connectivity index (χ3v) is 8.17. The zero-order valence-electron chi connectivity index (χ0n) is 27.3. The van der Waals surface area contributed by atoms with E-state index in [0.29, 0.717) is 33.7 Å². The van der Waals surface area contributed by atoms with Crippen LogP contribution >= 0.6 is 11.3 Å². The number of fused-ring (bicyclic) bond motifs is 2. The molecule has 13 heteroatoms. The first-order valence-electron chi connectivity index (χ1n) is 15.0. The zero-order chi connectivity index (χ0) is 34.6. The van der Waals surface area contributed by atoms with E-state index in [1.807, 2.05) is 45.0 Å². The fraction of sp³-hybridized carbons (Fsp3) is 0.353. The summed E-state index contributed by atoms with van der Waals surface area (Å²) in [6.07, 6.45) is 0.751. The molecular formula is C34H37N3O9S. The molecule has 0 saturated carbocycles. The van der Waals surface area contributed by atoms with E-state index in [0.717, 1.165) is 30.4 Å². The maximum Gasteiger partial charge on any atom is 0.338 e. The van der Waals surface area contributed by atoms with E-state index in [1.54, 1.807) is 30.0 Å². The second-order valence-corrected chi connectivity index (χ2v) is 12.2. The first-order chi connectivity index (χ1) is 22.3. The van der Waals surface area contributed by atoms with Gasteiger partial charge in [0.15, 0.2) is 16.3 Å². The maximum absolute atomic E-state index is 14.4. The maximum atomic E-state index is 14.4. The number of allylic oxidation sites excluding steroid dienone is 1. The van der Waals surface area contributed by atoms with Crippen LogP contribution in [0.2, 0.25) is 0 Å². The van der Waals surface area contributed by atoms with Crippen molar-refractivity contribution in [3.8, 4) is 11.5 Å². The van der Waals surface area contributed by atoms with Gasteiger partial charge in [-0.25, -0.2) is 9.79 Å². The van der Waals surface area contributed by atoms with Crippen molar-refractivity contribution >= 4 is 46.4 Å². The van der Waals surface area contributed by atoms with Crippen LogP contribution in [-0.4, -0.2) is 53.8 Å². The van der Waals surface area contributed by atoms with Crippen LogP contribution in [0.25, 0.3) is 5.57 Å². The molecule has 1 unspecified atom stereocenters. The SMILES string of the molecule is CC(=O)O.CCCN1C(=O)C(=c2sc3n(c2=O)C(c2ccc(OC(C)=O)c(OC)c2)C(C(=O)OCC(C)C)=C(C)N=3)c2ccccc21. The quantitative estimate of drug-likeness (QED) is 0.281. The molecule has 2 aromatic carbocycles. The molecule has 5 rings (SSSR count). The van der Waals surface area contributed by atoms with Crippen molar-refractivity contribution in [2.24, 2.45) is 10.9 Å². The summed E-state index contributed by atoms with van der Waals surface area (Å²) in [5, 5.41) is 7.42. The van der Waals surface area contributed by atoms with Crippen molar-refractivity contribution in [1.82, 2.24) is 4.57 Å². The minimum Gasteiger partial charge on any atom is -0.493 e. The number of hydrogen-bond acceptors (Lipinski definition) is 10. The number of thiazole rings is 1. The lowest BCUT2D eigenvalue weighted by molar-refractivity contribution is -0.140. The highest BCUT2D eigenvalue weighted by Gasteiger charge is 2.37. The molecule has 0 bridgehead atoms. The topological polar surface area (TPSA) is 154 Å². The Balaban J connectivity index is 0.00000118. The van der Waals surface area contributed by atoms with Crippen molar-refractivity contribution < 1.29 is 38.5 Å². The number of methoxy groups -OCH3 is 1. The number of benzene rings is 2. The Labute approximate surface area is 275 Å². The van der Waals surface area contributed by atoms with E-state index in [1.165, 1.54) is 18.6 Å². The van der Waals surface area contributed by atoms with E-state index < -0.39 is 29.5 Å². The lowest BCUT2D eigenvalue weighted by Crippen LogP contribution is -2.41. The van der Waals surface area contributed by atoms with E-state index in [2.05, 4.69) is 4.99 Å². The van der Waals surface area contributed by atoms with Gasteiger partial charge in [0.25, 0.3) is 17.4 Å². The number of rotatable bonds is 8. The number of aromatic nitrogens is 1. The smallest absolute Gasteiger partial charge is 0.338 e. The van der Waals surface area contributed by atoms with Gasteiger partial charge < -0.3 is 24.2 Å². The molecule has 1 amide bonds. The summed E-state index contributed by atoms with van der Waals surface area (Å²) >= 11 is 1.11. The van der Waals surface area contributed by atoms with Crippen LogP contribution in [0.3, 0.4) is 0 Å². The first kappa shape index (κ1) is 34.8. The second-order valence-electron chi connectivity index (χ2n) is 11.3. The number of hydrogen-bond donors (Lipinski definition) is 1. The molecule has 0 saturated heterocycles. The number of carbonyl (C=O) groups excluding carboxylic acids is 3. The Kier molecular flexibility index (Phi) is 10.8. The molecule has 0 fully saturated rings. The van der Waals surface area contributed by atoms with Gasteiger partial charge in [0.1, 0.15) is 4.53 Å². The Morgan fingerprint density at radius 3 is 2.36 bits per heavy atom. The van der Waals surface area contributed by atoms with E-state index >= 15 is 0 Å². The zero-order valence-corrected chi connectivity index (χ0v) is 28.1. The van der Waals surface area contributed by atoms with Crippen molar-refractivity contribution in [3.05, 3.63) is 84.5 Å². The second kappa shape index (κ2) is 14.6. The molecule has 12 nitrogen and oxygen atoms in total. The molecule has 2 aliphatic heterocycles. The van der Waals surface area contributed by atoms with Gasteiger partial charge in [0, 0.05) is 26.0 Å². The van der Waals surface area contributed by atoms with Crippen molar-refractivity contribution in [2.45, 2.75) is 54.0 Å². The number of amides is 1. The molecule has 0 aliphatic carbocycles. The Hall–Kier alpha value is -5.04. The molecule has 3 heterocycles. The monoisotopic (exact) mass is 663 g/mol. The lowest BCUT2D eigenvalue weighted by atomic mass is 9.95. The number of aliphatic carboxylic acids is 1. The summed E-state index contributed by atoms with van der Waals surface area (Å²) in [5.41, 5.74) is 2.41. The molecule has 3 aromatic rings. The minimum absolute atomic E-state index is 0.0916. The number of carboxylic acids is 1. The summed E-state index contributed by atoms with van der Waals surface area (Å²) in [7, 11) is 1.43. The van der Waals surface area contributed by atoms with Gasteiger partial charge in [-0.1, -0.05) is 56.4 Å². The molecule has 47 heavy (non-hydrogen) atoms. The average molecular weight is 664 g/mol. The number of carboxylic acid groups (broad SMARTS) is 1. The third-order valence-electron chi connectivity index (χ3n) is 7.12. The minimum atomic E-state index is -0.941. The van der Waals surface area contributed by atoms with Gasteiger partial charge >= 0.3 is 11.9 Å². The van der Waals surface area contributed by atoms with Gasteiger partial charge in [-0.3, -0.25) is 23.7 Å². The molecule has 2 aliphatic rings. The Morgan fingerprint density at radius 2 is 1.74 bits per heavy atom. The predicted molar refractivity (Wildman–Crippen MR) is 175 cm³/mol. The van der Waals surface area contributed by atoms with Gasteiger partial charge in [0.05, 0.1) is 42.3 Å². The lowest BCUT2D eigenvalue weighted by Gasteiger charge is -2.25. The number of ether oxygens (including phenoxy) is 3. The fourth-order valence-electron chi connectivity index (χ4n) is 5.31. The molecular weight excluding hydrogens is 626 g/mol. The predicted octanol–water partition coefficient (Wildman–Crippen LogP) is 3.59. The Morgan fingerprint density at radius 1 is 1.06 bits per heavy atom. The largest absolute Gasteiger partial charge is 0.493 e. The molecule has 1 atom stereocenters. The summed E-state index contributed by atoms with van der Waals surface area (Å²) < 4.78 is 18.1. The van der Waals surface area contributed by atoms with Crippen LogP contribution in [0, 0.1) is 5.92 Å². The number of carbonyl (C=O) groups is 4. The van der Waals surface area contributed by atoms with Crippen LogP contribution in [-0.2, 0) is 23.9 Å². The summed E-state index contributed by atoms with van der Waals surface area (Å²) in [6, 6.07) is 11.3. The van der Waals surface area contributed by atoms with Crippen molar-refractivity contribution in [3.63, 3.8) is 0 Å². The summed E-state index contributed by atoms with van der Waals surface area (Å²) in [5.74, 6) is -1.66. The molecule has 248 valence electrons. The fourth-order valence-corrected chi connectivity index (χ4v) is 6.44. The van der Waals surface area contributed by atoms with Crippen LogP contribution in [0.15, 0.2) is 63.5 Å². The normalized spacial score (nSPS) is 16.1. The number of nitrogens with zero attached hydrogens (tertiary/aromatic N) is 3. The van der Waals surface area contributed by atoms with Gasteiger partial charge in [-0.05, 0) is 43.0 Å². The highest BCUT2D eigenvalue weighted by molar-refractivity contribution is 7.07. The number of para-hydroxylation sites is 1. The molecule has 1 N–H and O–H groups in total. The van der Waals surface area contributed by atoms with Crippen LogP contribution < -0.4 is 29.3 Å².